The number of primary amides is 1. The molecule has 1 aliphatic carbocycles. The van der Waals surface area contributed by atoms with Crippen LogP contribution < -0.4 is 10.5 Å². The van der Waals surface area contributed by atoms with E-state index in [-0.39, 0.29) is 22.1 Å². The van der Waals surface area contributed by atoms with Crippen molar-refractivity contribution in [2.24, 2.45) is 28.4 Å². The zero-order chi connectivity index (χ0) is 21.9. The summed E-state index contributed by atoms with van der Waals surface area (Å²) in [7, 11) is -3.91. The van der Waals surface area contributed by atoms with Gasteiger partial charge in [-0.2, -0.15) is 4.72 Å². The highest BCUT2D eigenvalue weighted by molar-refractivity contribution is 7.89. The molecule has 1 aromatic carbocycles. The van der Waals surface area contributed by atoms with E-state index in [1.54, 1.807) is 32.9 Å². The average Bonchev–Trinajstić information content (AvgIpc) is 2.94. The molecule has 8 heteroatoms. The molecule has 1 heterocycles. The fourth-order valence-electron chi connectivity index (χ4n) is 4.54. The Bertz CT molecular complexity index is 932. The number of hydrogen-bond acceptors (Lipinski definition) is 4. The van der Waals surface area contributed by atoms with E-state index in [2.05, 4.69) is 18.6 Å². The Hall–Kier alpha value is -1.93. The lowest BCUT2D eigenvalue weighted by atomic mass is 9.86. The zero-order valence-electron chi connectivity index (χ0n) is 17.9. The van der Waals surface area contributed by atoms with Gasteiger partial charge in [0.25, 0.3) is 0 Å². The third-order valence-corrected chi connectivity index (χ3v) is 7.94. The van der Waals surface area contributed by atoms with Crippen LogP contribution in [0.3, 0.4) is 0 Å². The number of rotatable bonds is 5. The Labute approximate surface area is 173 Å². The van der Waals surface area contributed by atoms with Gasteiger partial charge in [0, 0.05) is 6.54 Å². The monoisotopic (exact) mass is 421 g/mol. The fourth-order valence-corrected chi connectivity index (χ4v) is 5.94. The smallest absolute Gasteiger partial charge is 0.242 e. The highest BCUT2D eigenvalue weighted by Crippen LogP contribution is 2.64. The molecule has 1 saturated heterocycles. The van der Waals surface area contributed by atoms with Gasteiger partial charge in [-0.05, 0) is 41.7 Å². The summed E-state index contributed by atoms with van der Waals surface area (Å²) in [5.74, 6) is -0.706. The number of nitrogens with two attached hydrogens (primary N) is 1. The number of fused-ring (bicyclic) bond motifs is 1. The van der Waals surface area contributed by atoms with E-state index >= 15 is 0 Å². The molecule has 1 aromatic rings. The number of likely N-dealkylation sites (tertiary alicyclic amines) is 1. The van der Waals surface area contributed by atoms with E-state index in [0.717, 1.165) is 5.56 Å². The lowest BCUT2D eigenvalue weighted by Gasteiger charge is -2.37. The molecule has 0 spiro atoms. The van der Waals surface area contributed by atoms with Gasteiger partial charge in [0.1, 0.15) is 12.1 Å². The van der Waals surface area contributed by atoms with E-state index in [1.807, 2.05) is 6.92 Å². The predicted molar refractivity (Wildman–Crippen MR) is 110 cm³/mol. The van der Waals surface area contributed by atoms with Crippen molar-refractivity contribution in [2.75, 3.05) is 6.54 Å². The van der Waals surface area contributed by atoms with Crippen LogP contribution in [-0.4, -0.2) is 43.8 Å². The molecule has 3 unspecified atom stereocenters. The van der Waals surface area contributed by atoms with Gasteiger partial charge in [0.05, 0.1) is 4.90 Å². The molecule has 7 nitrogen and oxygen atoms in total. The Morgan fingerprint density at radius 1 is 1.21 bits per heavy atom. The standard InChI is InChI=1S/C21H31N3O4S/c1-12-7-9-13(10-8-12)29(27,28)23-17(20(2,3)4)19(26)24-11-14-15(21(14,5)6)16(24)18(22)25/h7-10,14-17,23H,11H2,1-6H3,(H2,22,25)/t14?,15?,16?,17-/m1/s1. The third kappa shape index (κ3) is 3.80. The van der Waals surface area contributed by atoms with Crippen molar-refractivity contribution in [1.29, 1.82) is 0 Å². The van der Waals surface area contributed by atoms with E-state index in [4.69, 9.17) is 5.73 Å². The molecule has 0 radical (unpaired) electrons. The van der Waals surface area contributed by atoms with Crippen LogP contribution >= 0.6 is 0 Å². The molecule has 2 amide bonds. The van der Waals surface area contributed by atoms with Crippen molar-refractivity contribution in [3.63, 3.8) is 0 Å². The fraction of sp³-hybridized carbons (Fsp3) is 0.619. The van der Waals surface area contributed by atoms with E-state index < -0.39 is 39.3 Å². The second-order valence-corrected chi connectivity index (χ2v) is 11.7. The van der Waals surface area contributed by atoms with Gasteiger partial charge in [0.2, 0.25) is 21.8 Å². The number of amides is 2. The first-order valence-electron chi connectivity index (χ1n) is 9.86. The molecular weight excluding hydrogens is 390 g/mol. The molecule has 160 valence electrons. The number of benzene rings is 1. The SMILES string of the molecule is Cc1ccc(S(=O)(=O)N[C@H](C(=O)N2CC3C(C2C(N)=O)C3(C)C)C(C)(C)C)cc1. The summed E-state index contributed by atoms with van der Waals surface area (Å²) in [6.07, 6.45) is 0. The summed E-state index contributed by atoms with van der Waals surface area (Å²) in [6, 6.07) is 4.74. The van der Waals surface area contributed by atoms with Crippen LogP contribution in [0.2, 0.25) is 0 Å². The van der Waals surface area contributed by atoms with E-state index in [9.17, 15) is 18.0 Å². The van der Waals surface area contributed by atoms with Crippen molar-refractivity contribution < 1.29 is 18.0 Å². The Kier molecular flexibility index (Phi) is 5.11. The van der Waals surface area contributed by atoms with Gasteiger partial charge in [0.15, 0.2) is 0 Å². The highest BCUT2D eigenvalue weighted by atomic mass is 32.2. The van der Waals surface area contributed by atoms with Gasteiger partial charge in [-0.15, -0.1) is 0 Å². The number of aryl methyl sites for hydroxylation is 1. The number of carbonyl (C=O) groups excluding carboxylic acids is 2. The van der Waals surface area contributed by atoms with Crippen LogP contribution in [0.25, 0.3) is 0 Å². The van der Waals surface area contributed by atoms with Crippen molar-refractivity contribution in [2.45, 2.75) is 58.5 Å². The molecule has 29 heavy (non-hydrogen) atoms. The quantitative estimate of drug-likeness (QED) is 0.753. The zero-order valence-corrected chi connectivity index (χ0v) is 18.7. The average molecular weight is 422 g/mol. The van der Waals surface area contributed by atoms with Crippen LogP contribution in [0.4, 0.5) is 0 Å². The van der Waals surface area contributed by atoms with Gasteiger partial charge in [-0.25, -0.2) is 8.42 Å². The Morgan fingerprint density at radius 3 is 2.24 bits per heavy atom. The number of piperidine rings is 1. The van der Waals surface area contributed by atoms with Crippen LogP contribution in [0, 0.1) is 29.6 Å². The normalized spacial score (nSPS) is 26.7. The van der Waals surface area contributed by atoms with Crippen molar-refractivity contribution in [1.82, 2.24) is 9.62 Å². The molecule has 1 saturated carbocycles. The molecular formula is C21H31N3O4S. The maximum absolute atomic E-state index is 13.4. The topological polar surface area (TPSA) is 110 Å². The number of nitrogens with zero attached hydrogens (tertiary/aromatic N) is 1. The number of hydrogen-bond donors (Lipinski definition) is 2. The molecule has 3 rings (SSSR count). The van der Waals surface area contributed by atoms with Gasteiger partial charge in [-0.3, -0.25) is 9.59 Å². The number of sulfonamides is 1. The minimum absolute atomic E-state index is 0.0262. The Morgan fingerprint density at radius 2 is 1.76 bits per heavy atom. The van der Waals surface area contributed by atoms with Crippen molar-refractivity contribution >= 4 is 21.8 Å². The summed E-state index contributed by atoms with van der Waals surface area (Å²) in [4.78, 5) is 27.2. The minimum atomic E-state index is -3.91. The molecule has 2 fully saturated rings. The number of carbonyl (C=O) groups is 2. The molecule has 3 N–H and O–H groups in total. The molecule has 0 bridgehead atoms. The lowest BCUT2D eigenvalue weighted by molar-refractivity contribution is -0.142. The third-order valence-electron chi connectivity index (χ3n) is 6.50. The summed E-state index contributed by atoms with van der Waals surface area (Å²) in [5.41, 5.74) is 5.85. The maximum atomic E-state index is 13.4. The van der Waals surface area contributed by atoms with Crippen LogP contribution in [0.1, 0.15) is 40.2 Å². The first kappa shape index (κ1) is 21.8. The van der Waals surface area contributed by atoms with Crippen LogP contribution in [-0.2, 0) is 19.6 Å². The second-order valence-electron chi connectivity index (χ2n) is 10.0. The van der Waals surface area contributed by atoms with Gasteiger partial charge in [-0.1, -0.05) is 52.3 Å². The lowest BCUT2D eigenvalue weighted by Crippen LogP contribution is -2.58. The van der Waals surface area contributed by atoms with Crippen LogP contribution in [0.15, 0.2) is 29.2 Å². The Balaban J connectivity index is 1.89. The molecule has 0 aromatic heterocycles. The summed E-state index contributed by atoms with van der Waals surface area (Å²) in [5, 5.41) is 0. The molecule has 2 aliphatic rings. The maximum Gasteiger partial charge on any atom is 0.242 e. The number of nitrogens with one attached hydrogen (secondary N) is 1. The summed E-state index contributed by atoms with van der Waals surface area (Å²) in [6.45, 7) is 11.8. The molecule has 4 atom stereocenters. The van der Waals surface area contributed by atoms with Crippen molar-refractivity contribution in [3.8, 4) is 0 Å². The van der Waals surface area contributed by atoms with Gasteiger partial charge < -0.3 is 10.6 Å². The summed E-state index contributed by atoms with van der Waals surface area (Å²) >= 11 is 0. The largest absolute Gasteiger partial charge is 0.368 e. The molecule has 1 aliphatic heterocycles. The van der Waals surface area contributed by atoms with Crippen molar-refractivity contribution in [3.05, 3.63) is 29.8 Å². The van der Waals surface area contributed by atoms with E-state index in [0.29, 0.717) is 6.54 Å². The minimum Gasteiger partial charge on any atom is -0.368 e. The first-order valence-corrected chi connectivity index (χ1v) is 11.3. The summed E-state index contributed by atoms with van der Waals surface area (Å²) < 4.78 is 28.5. The second kappa shape index (κ2) is 6.80. The predicted octanol–water partition coefficient (Wildman–Crippen LogP) is 1.66. The first-order chi connectivity index (χ1) is 13.2. The highest BCUT2D eigenvalue weighted by Gasteiger charge is 2.69. The van der Waals surface area contributed by atoms with Gasteiger partial charge >= 0.3 is 0 Å². The van der Waals surface area contributed by atoms with E-state index in [1.165, 1.54) is 17.0 Å². The van der Waals surface area contributed by atoms with Crippen LogP contribution in [0.5, 0.6) is 0 Å².